The topological polar surface area (TPSA) is 94.2 Å². The SMILES string of the molecule is Cc1ccc(Oc2ccc(OCC(=O)NCc3ccc(S(=O)(=O)N4CCOCC4)cc3)cc2)cc1. The van der Waals surface area contributed by atoms with E-state index in [0.29, 0.717) is 37.8 Å². The van der Waals surface area contributed by atoms with Crippen molar-refractivity contribution in [3.63, 3.8) is 0 Å². The van der Waals surface area contributed by atoms with Crippen LogP contribution in [-0.2, 0) is 26.1 Å². The Bertz CT molecular complexity index is 1220. The predicted octanol–water partition coefficient (Wildman–Crippen LogP) is 3.50. The summed E-state index contributed by atoms with van der Waals surface area (Å²) >= 11 is 0. The number of hydrogen-bond acceptors (Lipinski definition) is 6. The summed E-state index contributed by atoms with van der Waals surface area (Å²) in [6.07, 6.45) is 0. The molecule has 35 heavy (non-hydrogen) atoms. The van der Waals surface area contributed by atoms with Crippen LogP contribution >= 0.6 is 0 Å². The van der Waals surface area contributed by atoms with Gasteiger partial charge in [0.1, 0.15) is 17.2 Å². The van der Waals surface area contributed by atoms with E-state index in [1.54, 1.807) is 48.5 Å². The molecule has 9 heteroatoms. The van der Waals surface area contributed by atoms with Gasteiger partial charge in [0.2, 0.25) is 10.0 Å². The van der Waals surface area contributed by atoms with Crippen LogP contribution < -0.4 is 14.8 Å². The van der Waals surface area contributed by atoms with E-state index in [0.717, 1.165) is 16.9 Å². The van der Waals surface area contributed by atoms with Crippen LogP contribution in [0.25, 0.3) is 0 Å². The second-order valence-electron chi connectivity index (χ2n) is 8.11. The van der Waals surface area contributed by atoms with E-state index in [9.17, 15) is 13.2 Å². The van der Waals surface area contributed by atoms with Crippen molar-refractivity contribution in [3.05, 3.63) is 83.9 Å². The number of nitrogens with zero attached hydrogens (tertiary/aromatic N) is 1. The maximum atomic E-state index is 12.7. The fourth-order valence-corrected chi connectivity index (χ4v) is 4.87. The Morgan fingerprint density at radius 1 is 0.886 bits per heavy atom. The molecule has 0 atom stereocenters. The monoisotopic (exact) mass is 496 g/mol. The quantitative estimate of drug-likeness (QED) is 0.487. The molecule has 1 heterocycles. The molecule has 0 saturated carbocycles. The zero-order valence-electron chi connectivity index (χ0n) is 19.5. The van der Waals surface area contributed by atoms with E-state index in [2.05, 4.69) is 5.32 Å². The molecule has 0 radical (unpaired) electrons. The molecular formula is C26H28N2O6S. The van der Waals surface area contributed by atoms with Crippen molar-refractivity contribution >= 4 is 15.9 Å². The fraction of sp³-hybridized carbons (Fsp3) is 0.269. The van der Waals surface area contributed by atoms with Crippen LogP contribution in [-0.4, -0.2) is 51.5 Å². The van der Waals surface area contributed by atoms with Crippen molar-refractivity contribution in [1.82, 2.24) is 9.62 Å². The third-order valence-electron chi connectivity index (χ3n) is 5.47. The van der Waals surface area contributed by atoms with Crippen molar-refractivity contribution in [2.24, 2.45) is 0 Å². The first-order valence-electron chi connectivity index (χ1n) is 11.3. The molecule has 184 valence electrons. The lowest BCUT2D eigenvalue weighted by Gasteiger charge is -2.26. The summed E-state index contributed by atoms with van der Waals surface area (Å²) in [4.78, 5) is 12.4. The van der Waals surface area contributed by atoms with E-state index >= 15 is 0 Å². The van der Waals surface area contributed by atoms with Crippen molar-refractivity contribution in [1.29, 1.82) is 0 Å². The molecule has 0 spiro atoms. The highest BCUT2D eigenvalue weighted by molar-refractivity contribution is 7.89. The average Bonchev–Trinajstić information content (AvgIpc) is 2.89. The van der Waals surface area contributed by atoms with E-state index in [1.165, 1.54) is 4.31 Å². The van der Waals surface area contributed by atoms with Crippen LogP contribution in [0.1, 0.15) is 11.1 Å². The van der Waals surface area contributed by atoms with Gasteiger partial charge in [0.15, 0.2) is 6.61 Å². The summed E-state index contributed by atoms with van der Waals surface area (Å²) in [5.41, 5.74) is 1.95. The second-order valence-corrected chi connectivity index (χ2v) is 10.1. The highest BCUT2D eigenvalue weighted by atomic mass is 32.2. The molecule has 1 saturated heterocycles. The molecular weight excluding hydrogens is 468 g/mol. The molecule has 4 rings (SSSR count). The summed E-state index contributed by atoms with van der Waals surface area (Å²) in [5.74, 6) is 1.68. The third-order valence-corrected chi connectivity index (χ3v) is 7.38. The Hall–Kier alpha value is -3.40. The number of sulfonamides is 1. The normalized spacial score (nSPS) is 14.3. The largest absolute Gasteiger partial charge is 0.484 e. The van der Waals surface area contributed by atoms with E-state index in [-0.39, 0.29) is 24.0 Å². The number of amides is 1. The zero-order chi connectivity index (χ0) is 24.7. The van der Waals surface area contributed by atoms with Gasteiger partial charge in [-0.2, -0.15) is 4.31 Å². The van der Waals surface area contributed by atoms with Gasteiger partial charge in [0.05, 0.1) is 18.1 Å². The Balaban J connectivity index is 1.22. The summed E-state index contributed by atoms with van der Waals surface area (Å²) in [7, 11) is -3.54. The maximum absolute atomic E-state index is 12.7. The van der Waals surface area contributed by atoms with Gasteiger partial charge in [-0.25, -0.2) is 8.42 Å². The van der Waals surface area contributed by atoms with Gasteiger partial charge in [0.25, 0.3) is 5.91 Å². The van der Waals surface area contributed by atoms with Gasteiger partial charge in [-0.1, -0.05) is 29.8 Å². The fourth-order valence-electron chi connectivity index (χ4n) is 3.46. The van der Waals surface area contributed by atoms with Crippen LogP contribution in [0.4, 0.5) is 0 Å². The number of rotatable bonds is 9. The molecule has 1 fully saturated rings. The van der Waals surface area contributed by atoms with Gasteiger partial charge in [-0.05, 0) is 61.0 Å². The Labute approximate surface area is 205 Å². The number of hydrogen-bond donors (Lipinski definition) is 1. The Morgan fingerprint density at radius 3 is 2.09 bits per heavy atom. The van der Waals surface area contributed by atoms with Crippen molar-refractivity contribution in [2.75, 3.05) is 32.9 Å². The number of aryl methyl sites for hydroxylation is 1. The van der Waals surface area contributed by atoms with Crippen LogP contribution in [0.2, 0.25) is 0 Å². The van der Waals surface area contributed by atoms with Crippen LogP contribution in [0.15, 0.2) is 77.7 Å². The van der Waals surface area contributed by atoms with E-state index < -0.39 is 10.0 Å². The first-order chi connectivity index (χ1) is 16.9. The van der Waals surface area contributed by atoms with Crippen molar-refractivity contribution < 1.29 is 27.4 Å². The standard InChI is InChI=1S/C26H28N2O6S/c1-20-2-6-23(7-3-20)34-24-10-8-22(9-11-24)33-19-26(29)27-18-21-4-12-25(13-5-21)35(30,31)28-14-16-32-17-15-28/h2-13H,14-19H2,1H3,(H,27,29). The number of carbonyl (C=O) groups is 1. The number of carbonyl (C=O) groups excluding carboxylic acids is 1. The summed E-state index contributed by atoms with van der Waals surface area (Å²) in [6, 6.07) is 21.3. The van der Waals surface area contributed by atoms with Crippen molar-refractivity contribution in [3.8, 4) is 17.2 Å². The summed E-state index contributed by atoms with van der Waals surface area (Å²) in [5, 5.41) is 2.77. The minimum absolute atomic E-state index is 0.137. The number of ether oxygens (including phenoxy) is 3. The molecule has 8 nitrogen and oxygen atoms in total. The molecule has 1 aliphatic rings. The molecule has 3 aromatic carbocycles. The molecule has 0 unspecified atom stereocenters. The Morgan fingerprint density at radius 2 is 1.46 bits per heavy atom. The maximum Gasteiger partial charge on any atom is 0.258 e. The first kappa shape index (κ1) is 24.7. The van der Waals surface area contributed by atoms with Gasteiger partial charge in [0, 0.05) is 19.6 Å². The highest BCUT2D eigenvalue weighted by Gasteiger charge is 2.26. The average molecular weight is 497 g/mol. The summed E-state index contributed by atoms with van der Waals surface area (Å²) in [6.45, 7) is 3.64. The van der Waals surface area contributed by atoms with E-state index in [1.807, 2.05) is 31.2 Å². The molecule has 1 N–H and O–H groups in total. The lowest BCUT2D eigenvalue weighted by atomic mass is 10.2. The molecule has 1 aliphatic heterocycles. The lowest BCUT2D eigenvalue weighted by molar-refractivity contribution is -0.123. The summed E-state index contributed by atoms with van der Waals surface area (Å²) < 4.78 is 43.3. The third kappa shape index (κ3) is 6.82. The minimum Gasteiger partial charge on any atom is -0.484 e. The molecule has 0 aliphatic carbocycles. The van der Waals surface area contributed by atoms with Crippen LogP contribution in [0.3, 0.4) is 0 Å². The van der Waals surface area contributed by atoms with Crippen molar-refractivity contribution in [2.45, 2.75) is 18.4 Å². The van der Waals surface area contributed by atoms with Crippen LogP contribution in [0, 0.1) is 6.92 Å². The van der Waals surface area contributed by atoms with Crippen LogP contribution in [0.5, 0.6) is 17.2 Å². The predicted molar refractivity (Wildman–Crippen MR) is 131 cm³/mol. The molecule has 0 aromatic heterocycles. The van der Waals surface area contributed by atoms with Gasteiger partial charge < -0.3 is 19.5 Å². The number of nitrogens with one attached hydrogen (secondary N) is 1. The van der Waals surface area contributed by atoms with Gasteiger partial charge in [-0.15, -0.1) is 0 Å². The zero-order valence-corrected chi connectivity index (χ0v) is 20.3. The molecule has 3 aromatic rings. The van der Waals surface area contributed by atoms with Gasteiger partial charge >= 0.3 is 0 Å². The van der Waals surface area contributed by atoms with E-state index in [4.69, 9.17) is 14.2 Å². The Kier molecular flexibility index (Phi) is 8.02. The smallest absolute Gasteiger partial charge is 0.258 e. The second kappa shape index (κ2) is 11.4. The first-order valence-corrected chi connectivity index (χ1v) is 12.7. The molecule has 0 bridgehead atoms. The molecule has 1 amide bonds. The number of morpholine rings is 1. The minimum atomic E-state index is -3.54. The lowest BCUT2D eigenvalue weighted by Crippen LogP contribution is -2.40. The number of benzene rings is 3. The van der Waals surface area contributed by atoms with Gasteiger partial charge in [-0.3, -0.25) is 4.79 Å². The highest BCUT2D eigenvalue weighted by Crippen LogP contribution is 2.24.